The summed E-state index contributed by atoms with van der Waals surface area (Å²) in [4.78, 5) is 0.429. The van der Waals surface area contributed by atoms with Crippen molar-refractivity contribution in [3.63, 3.8) is 0 Å². The fourth-order valence-corrected chi connectivity index (χ4v) is 7.88. The lowest BCUT2D eigenvalue weighted by molar-refractivity contribution is 0.318. The van der Waals surface area contributed by atoms with Gasteiger partial charge in [0.15, 0.2) is 0 Å². The Kier molecular flexibility index (Phi) is 6.79. The summed E-state index contributed by atoms with van der Waals surface area (Å²) in [5.74, 6) is 0.484. The monoisotopic (exact) mass is 521 g/mol. The maximum atomic E-state index is 13.3. The second kappa shape index (κ2) is 9.01. The largest absolute Gasteiger partial charge is 0.343 e. The van der Waals surface area contributed by atoms with Gasteiger partial charge in [-0.1, -0.05) is 32.3 Å². The average Bonchev–Trinajstić information content (AvgIpc) is 3.40. The molecule has 7 nitrogen and oxygen atoms in total. The van der Waals surface area contributed by atoms with Crippen molar-refractivity contribution < 1.29 is 16.8 Å². The molecule has 0 atom stereocenters. The third kappa shape index (κ3) is 5.68. The molecular formula is C26H39N3O4S2. The van der Waals surface area contributed by atoms with E-state index in [0.29, 0.717) is 16.5 Å². The van der Waals surface area contributed by atoms with Gasteiger partial charge in [0.25, 0.3) is 0 Å². The van der Waals surface area contributed by atoms with Crippen molar-refractivity contribution in [2.24, 2.45) is 11.1 Å². The predicted molar refractivity (Wildman–Crippen MR) is 139 cm³/mol. The molecule has 9 heteroatoms. The molecular weight excluding hydrogens is 482 g/mol. The molecule has 2 fully saturated rings. The van der Waals surface area contributed by atoms with E-state index >= 15 is 0 Å². The maximum Gasteiger partial charge on any atom is 0.241 e. The topological polar surface area (TPSA) is 111 Å². The van der Waals surface area contributed by atoms with Crippen LogP contribution in [0.5, 0.6) is 0 Å². The first-order valence-electron chi connectivity index (χ1n) is 12.5. The van der Waals surface area contributed by atoms with Crippen LogP contribution in [0.4, 0.5) is 0 Å². The van der Waals surface area contributed by atoms with Gasteiger partial charge in [0.2, 0.25) is 20.0 Å². The van der Waals surface area contributed by atoms with Crippen LogP contribution in [0, 0.1) is 12.8 Å². The number of benzene rings is 1. The van der Waals surface area contributed by atoms with Crippen LogP contribution in [0.25, 0.3) is 11.3 Å². The van der Waals surface area contributed by atoms with E-state index in [-0.39, 0.29) is 10.3 Å². The summed E-state index contributed by atoms with van der Waals surface area (Å²) in [5, 5.41) is 5.57. The van der Waals surface area contributed by atoms with Gasteiger partial charge in [-0.3, -0.25) is 0 Å². The lowest BCUT2D eigenvalue weighted by atomic mass is 9.89. The van der Waals surface area contributed by atoms with Crippen LogP contribution in [0.2, 0.25) is 0 Å². The molecule has 1 aromatic carbocycles. The molecule has 0 bridgehead atoms. The highest BCUT2D eigenvalue weighted by Gasteiger charge is 2.43. The van der Waals surface area contributed by atoms with Crippen molar-refractivity contribution in [3.05, 3.63) is 35.5 Å². The molecule has 0 aliphatic heterocycles. The molecule has 0 unspecified atom stereocenters. The lowest BCUT2D eigenvalue weighted by Crippen LogP contribution is -2.41. The minimum absolute atomic E-state index is 0.133. The van der Waals surface area contributed by atoms with Crippen LogP contribution < -0.4 is 9.86 Å². The number of sulfonamides is 2. The standard InChI is InChI=1S/C26H39N3O4S2/c1-18-24(34(27,30)31)16-22(29(18)17-19-9-7-6-8-10-19)20-11-12-23(21(15-20)26(5)13-14-26)35(32,33)28-25(2,3)4/h11-12,15-16,19,28H,6-10,13-14,17H2,1-5H3,(H2,27,30,31). The predicted octanol–water partition coefficient (Wildman–Crippen LogP) is 4.82. The highest BCUT2D eigenvalue weighted by atomic mass is 32.2. The van der Waals surface area contributed by atoms with E-state index in [4.69, 9.17) is 5.14 Å². The zero-order valence-corrected chi connectivity index (χ0v) is 23.2. The summed E-state index contributed by atoms with van der Waals surface area (Å²) >= 11 is 0. The third-order valence-electron chi connectivity index (χ3n) is 7.45. The summed E-state index contributed by atoms with van der Waals surface area (Å²) < 4.78 is 56.2. The van der Waals surface area contributed by atoms with Gasteiger partial charge in [-0.25, -0.2) is 26.7 Å². The first-order valence-corrected chi connectivity index (χ1v) is 15.6. The molecule has 194 valence electrons. The van der Waals surface area contributed by atoms with Crippen molar-refractivity contribution in [1.29, 1.82) is 0 Å². The van der Waals surface area contributed by atoms with Gasteiger partial charge >= 0.3 is 0 Å². The van der Waals surface area contributed by atoms with Crippen molar-refractivity contribution >= 4 is 20.0 Å². The summed E-state index contributed by atoms with van der Waals surface area (Å²) in [6.07, 6.45) is 7.72. The molecule has 1 heterocycles. The fourth-order valence-electron chi connectivity index (χ4n) is 5.32. The molecule has 0 radical (unpaired) electrons. The quantitative estimate of drug-likeness (QED) is 0.544. The fraction of sp³-hybridized carbons (Fsp3) is 0.615. The van der Waals surface area contributed by atoms with E-state index in [1.165, 1.54) is 19.3 Å². The number of nitrogens with two attached hydrogens (primary N) is 1. The second-order valence-electron chi connectivity index (χ2n) is 11.8. The number of aromatic nitrogens is 1. The number of hydrogen-bond donors (Lipinski definition) is 2. The molecule has 0 amide bonds. The van der Waals surface area contributed by atoms with Crippen molar-refractivity contribution in [2.45, 2.75) is 107 Å². The van der Waals surface area contributed by atoms with E-state index < -0.39 is 25.6 Å². The first-order chi connectivity index (χ1) is 16.1. The Labute approximate surface area is 210 Å². The van der Waals surface area contributed by atoms with Gasteiger partial charge in [-0.15, -0.1) is 0 Å². The molecule has 2 aliphatic rings. The van der Waals surface area contributed by atoms with Gasteiger partial charge in [0.1, 0.15) is 4.90 Å². The highest BCUT2D eigenvalue weighted by Crippen LogP contribution is 2.50. The Hall–Kier alpha value is -1.68. The van der Waals surface area contributed by atoms with Crippen LogP contribution in [0.3, 0.4) is 0 Å². The maximum absolute atomic E-state index is 13.3. The molecule has 4 rings (SSSR count). The van der Waals surface area contributed by atoms with Crippen LogP contribution in [-0.4, -0.2) is 26.9 Å². The molecule has 2 aliphatic carbocycles. The minimum atomic E-state index is -3.89. The Balaban J connectivity index is 1.85. The lowest BCUT2D eigenvalue weighted by Gasteiger charge is -2.25. The molecule has 35 heavy (non-hydrogen) atoms. The Morgan fingerprint density at radius 2 is 1.66 bits per heavy atom. The Morgan fingerprint density at radius 1 is 1.03 bits per heavy atom. The Bertz CT molecular complexity index is 1330. The third-order valence-corrected chi connectivity index (χ3v) is 10.3. The Morgan fingerprint density at radius 3 is 2.20 bits per heavy atom. The first kappa shape index (κ1) is 26.4. The van der Waals surface area contributed by atoms with E-state index in [1.807, 2.05) is 26.8 Å². The SMILES string of the molecule is Cc1c(S(N)(=O)=O)cc(-c2ccc(S(=O)(=O)NC(C)(C)C)c(C3(C)CC3)c2)n1CC1CCCCC1. The van der Waals surface area contributed by atoms with E-state index in [9.17, 15) is 16.8 Å². The number of nitrogens with one attached hydrogen (secondary N) is 1. The van der Waals surface area contributed by atoms with E-state index in [1.54, 1.807) is 25.1 Å². The van der Waals surface area contributed by atoms with Crippen LogP contribution in [0.1, 0.15) is 83.9 Å². The minimum Gasteiger partial charge on any atom is -0.343 e. The number of primary sulfonamides is 1. The van der Waals surface area contributed by atoms with E-state index in [0.717, 1.165) is 49.0 Å². The van der Waals surface area contributed by atoms with Gasteiger partial charge in [-0.05, 0) is 94.0 Å². The number of nitrogens with zero attached hydrogens (tertiary/aromatic N) is 1. The van der Waals surface area contributed by atoms with Crippen molar-refractivity contribution in [3.8, 4) is 11.3 Å². The van der Waals surface area contributed by atoms with Crippen molar-refractivity contribution in [1.82, 2.24) is 9.29 Å². The van der Waals surface area contributed by atoms with Crippen LogP contribution in [-0.2, 0) is 32.0 Å². The van der Waals surface area contributed by atoms with E-state index in [2.05, 4.69) is 16.2 Å². The van der Waals surface area contributed by atoms with Gasteiger partial charge in [0.05, 0.1) is 4.90 Å². The number of rotatable bonds is 7. The van der Waals surface area contributed by atoms with Crippen LogP contribution in [0.15, 0.2) is 34.1 Å². The summed E-state index contributed by atoms with van der Waals surface area (Å²) in [6.45, 7) is 10.1. The summed E-state index contributed by atoms with van der Waals surface area (Å²) in [5.41, 5.74) is 2.20. The molecule has 3 N–H and O–H groups in total. The number of hydrogen-bond acceptors (Lipinski definition) is 4. The smallest absolute Gasteiger partial charge is 0.241 e. The molecule has 1 aromatic heterocycles. The highest BCUT2D eigenvalue weighted by molar-refractivity contribution is 7.89. The van der Waals surface area contributed by atoms with Crippen LogP contribution >= 0.6 is 0 Å². The molecule has 0 spiro atoms. The average molecular weight is 522 g/mol. The van der Waals surface area contributed by atoms with Gasteiger partial charge < -0.3 is 4.57 Å². The molecule has 2 saturated carbocycles. The summed E-state index contributed by atoms with van der Waals surface area (Å²) in [6, 6.07) is 7.07. The van der Waals surface area contributed by atoms with Crippen molar-refractivity contribution in [2.75, 3.05) is 0 Å². The molecule has 0 saturated heterocycles. The normalized spacial score (nSPS) is 19.1. The second-order valence-corrected chi connectivity index (χ2v) is 14.9. The summed E-state index contributed by atoms with van der Waals surface area (Å²) in [7, 11) is -7.61. The zero-order chi connectivity index (χ0) is 25.8. The molecule has 2 aromatic rings. The zero-order valence-electron chi connectivity index (χ0n) is 21.5. The van der Waals surface area contributed by atoms with Gasteiger partial charge in [-0.2, -0.15) is 0 Å². The van der Waals surface area contributed by atoms with Gasteiger partial charge in [0, 0.05) is 23.5 Å².